The van der Waals surface area contributed by atoms with Crippen molar-refractivity contribution in [1.29, 1.82) is 0 Å². The zero-order chi connectivity index (χ0) is 17.8. The van der Waals surface area contributed by atoms with Gasteiger partial charge in [-0.2, -0.15) is 5.16 Å². The summed E-state index contributed by atoms with van der Waals surface area (Å²) in [7, 11) is 0. The summed E-state index contributed by atoms with van der Waals surface area (Å²) in [5, 5.41) is 2.45. The molecule has 1 N–H and O–H groups in total. The molecule has 1 aromatic heterocycles. The Labute approximate surface area is 152 Å². The summed E-state index contributed by atoms with van der Waals surface area (Å²) >= 11 is 0. The molecule has 1 aliphatic heterocycles. The fourth-order valence-electron chi connectivity index (χ4n) is 3.50. The van der Waals surface area contributed by atoms with Crippen molar-refractivity contribution in [2.24, 2.45) is 0 Å². The van der Waals surface area contributed by atoms with Crippen molar-refractivity contribution in [2.45, 2.75) is 19.4 Å². The lowest BCUT2D eigenvalue weighted by Gasteiger charge is -2.24. The lowest BCUT2D eigenvalue weighted by Crippen LogP contribution is -2.32. The first-order chi connectivity index (χ1) is 12.8. The number of aromatic amines is 1. The van der Waals surface area contributed by atoms with E-state index in [2.05, 4.69) is 64.7 Å². The van der Waals surface area contributed by atoms with Crippen LogP contribution < -0.4 is 5.56 Å². The smallest absolute Gasteiger partial charge is 0.284 e. The first kappa shape index (κ1) is 16.6. The maximum atomic E-state index is 11.8. The highest BCUT2D eigenvalue weighted by molar-refractivity contribution is 5.79. The minimum atomic E-state index is -0.0884. The molecule has 1 aliphatic rings. The Bertz CT molecular complexity index is 898. The van der Waals surface area contributed by atoms with Crippen LogP contribution in [0.5, 0.6) is 0 Å². The minimum Gasteiger partial charge on any atom is -0.383 e. The average molecular weight is 346 g/mol. The first-order valence-corrected chi connectivity index (χ1v) is 9.04. The van der Waals surface area contributed by atoms with Gasteiger partial charge in [-0.25, -0.2) is 0 Å². The molecular formula is C22H22N2O2. The quantitative estimate of drug-likeness (QED) is 0.763. The predicted octanol–water partition coefficient (Wildman–Crippen LogP) is 3.85. The SMILES string of the molecule is O=c1[nH]oc2c1CN(CCC=C(c1ccccc1)c1ccccc1)CC2. The Hall–Kier alpha value is -2.85. The summed E-state index contributed by atoms with van der Waals surface area (Å²) in [6.45, 7) is 2.52. The molecule has 0 bridgehead atoms. The van der Waals surface area contributed by atoms with Crippen LogP contribution in [0.3, 0.4) is 0 Å². The summed E-state index contributed by atoms with van der Waals surface area (Å²) in [6.07, 6.45) is 4.03. The molecule has 4 rings (SSSR count). The van der Waals surface area contributed by atoms with Crippen LogP contribution in [-0.2, 0) is 13.0 Å². The molecular weight excluding hydrogens is 324 g/mol. The zero-order valence-corrected chi connectivity index (χ0v) is 14.7. The van der Waals surface area contributed by atoms with Gasteiger partial charge in [0.15, 0.2) is 0 Å². The Morgan fingerprint density at radius 2 is 1.69 bits per heavy atom. The van der Waals surface area contributed by atoms with Gasteiger partial charge in [-0.3, -0.25) is 9.69 Å². The van der Waals surface area contributed by atoms with E-state index in [1.165, 1.54) is 16.7 Å². The molecule has 0 saturated carbocycles. The topological polar surface area (TPSA) is 49.2 Å². The second-order valence-electron chi connectivity index (χ2n) is 6.60. The van der Waals surface area contributed by atoms with Crippen LogP contribution in [0, 0.1) is 0 Å². The standard InChI is InChI=1S/C22H22N2O2/c25-22-20-16-24(15-13-21(20)26-23-22)14-7-12-19(17-8-3-1-4-9-17)18-10-5-2-6-11-18/h1-6,8-12H,7,13-16H2,(H,23,25). The van der Waals surface area contributed by atoms with Gasteiger partial charge in [0.05, 0.1) is 5.56 Å². The Morgan fingerprint density at radius 1 is 1.04 bits per heavy atom. The fraction of sp³-hybridized carbons (Fsp3) is 0.227. The number of hydrogen-bond acceptors (Lipinski definition) is 3. The number of aromatic nitrogens is 1. The molecule has 0 radical (unpaired) electrons. The van der Waals surface area contributed by atoms with E-state index in [4.69, 9.17) is 4.52 Å². The molecule has 0 aliphatic carbocycles. The lowest BCUT2D eigenvalue weighted by molar-refractivity contribution is 0.240. The molecule has 0 fully saturated rings. The van der Waals surface area contributed by atoms with Crippen LogP contribution >= 0.6 is 0 Å². The highest BCUT2D eigenvalue weighted by Gasteiger charge is 2.21. The Kier molecular flexibility index (Phi) is 4.84. The molecule has 2 aromatic carbocycles. The van der Waals surface area contributed by atoms with E-state index in [0.717, 1.165) is 37.3 Å². The molecule has 2 heterocycles. The van der Waals surface area contributed by atoms with Gasteiger partial charge in [0.2, 0.25) is 0 Å². The molecule has 3 aromatic rings. The second kappa shape index (κ2) is 7.58. The summed E-state index contributed by atoms with van der Waals surface area (Å²) in [5.74, 6) is 0.816. The van der Waals surface area contributed by atoms with Crippen LogP contribution in [0.2, 0.25) is 0 Å². The van der Waals surface area contributed by atoms with Crippen molar-refractivity contribution >= 4 is 5.57 Å². The van der Waals surface area contributed by atoms with E-state index in [0.29, 0.717) is 6.54 Å². The molecule has 0 spiro atoms. The van der Waals surface area contributed by atoms with Gasteiger partial charge < -0.3 is 4.52 Å². The van der Waals surface area contributed by atoms with Gasteiger partial charge in [-0.1, -0.05) is 66.7 Å². The van der Waals surface area contributed by atoms with Crippen molar-refractivity contribution in [2.75, 3.05) is 13.1 Å². The number of rotatable bonds is 5. The van der Waals surface area contributed by atoms with Crippen molar-refractivity contribution in [3.05, 3.63) is 99.5 Å². The molecule has 0 unspecified atom stereocenters. The number of benzene rings is 2. The molecule has 4 nitrogen and oxygen atoms in total. The van der Waals surface area contributed by atoms with Gasteiger partial charge in [0.1, 0.15) is 5.76 Å². The molecule has 0 saturated heterocycles. The van der Waals surface area contributed by atoms with E-state index < -0.39 is 0 Å². The maximum absolute atomic E-state index is 11.8. The maximum Gasteiger partial charge on any atom is 0.284 e. The highest BCUT2D eigenvalue weighted by Crippen LogP contribution is 2.24. The van der Waals surface area contributed by atoms with Crippen LogP contribution in [-0.4, -0.2) is 23.1 Å². The normalized spacial score (nSPS) is 14.0. The van der Waals surface area contributed by atoms with Gasteiger partial charge in [0, 0.05) is 26.1 Å². The van der Waals surface area contributed by atoms with Crippen molar-refractivity contribution in [1.82, 2.24) is 10.1 Å². The third kappa shape index (κ3) is 3.55. The van der Waals surface area contributed by atoms with Crippen molar-refractivity contribution < 1.29 is 4.52 Å². The monoisotopic (exact) mass is 346 g/mol. The summed E-state index contributed by atoms with van der Waals surface area (Å²) in [4.78, 5) is 14.1. The Morgan fingerprint density at radius 3 is 2.35 bits per heavy atom. The van der Waals surface area contributed by atoms with Crippen LogP contribution in [0.1, 0.15) is 28.9 Å². The molecule has 132 valence electrons. The summed E-state index contributed by atoms with van der Waals surface area (Å²) in [6, 6.07) is 21.0. The van der Waals surface area contributed by atoms with Gasteiger partial charge in [-0.05, 0) is 23.1 Å². The van der Waals surface area contributed by atoms with E-state index >= 15 is 0 Å². The van der Waals surface area contributed by atoms with Crippen LogP contribution in [0.4, 0.5) is 0 Å². The third-order valence-electron chi connectivity index (χ3n) is 4.88. The van der Waals surface area contributed by atoms with E-state index in [1.54, 1.807) is 0 Å². The van der Waals surface area contributed by atoms with Gasteiger partial charge in [-0.15, -0.1) is 0 Å². The molecule has 4 heteroatoms. The largest absolute Gasteiger partial charge is 0.383 e. The number of nitrogens with one attached hydrogen (secondary N) is 1. The van der Waals surface area contributed by atoms with E-state index in [-0.39, 0.29) is 5.56 Å². The van der Waals surface area contributed by atoms with Gasteiger partial charge >= 0.3 is 0 Å². The first-order valence-electron chi connectivity index (χ1n) is 9.04. The number of fused-ring (bicyclic) bond motifs is 1. The number of hydrogen-bond donors (Lipinski definition) is 1. The molecule has 0 atom stereocenters. The van der Waals surface area contributed by atoms with E-state index in [9.17, 15) is 4.79 Å². The van der Waals surface area contributed by atoms with Crippen molar-refractivity contribution in [3.8, 4) is 0 Å². The summed E-state index contributed by atoms with van der Waals surface area (Å²) < 4.78 is 5.22. The lowest BCUT2D eigenvalue weighted by atomic mass is 9.97. The minimum absolute atomic E-state index is 0.0884. The Balaban J connectivity index is 1.50. The van der Waals surface area contributed by atoms with Crippen LogP contribution in [0.25, 0.3) is 5.57 Å². The highest BCUT2D eigenvalue weighted by atomic mass is 16.5. The van der Waals surface area contributed by atoms with Crippen molar-refractivity contribution in [3.63, 3.8) is 0 Å². The van der Waals surface area contributed by atoms with E-state index in [1.807, 2.05) is 12.1 Å². The fourth-order valence-corrected chi connectivity index (χ4v) is 3.50. The van der Waals surface area contributed by atoms with Gasteiger partial charge in [0.25, 0.3) is 5.56 Å². The summed E-state index contributed by atoms with van der Waals surface area (Å²) in [5.41, 5.74) is 4.41. The molecule has 26 heavy (non-hydrogen) atoms. The molecule has 0 amide bonds. The van der Waals surface area contributed by atoms with Crippen LogP contribution in [0.15, 0.2) is 76.1 Å². The average Bonchev–Trinajstić information content (AvgIpc) is 3.07. The second-order valence-corrected chi connectivity index (χ2v) is 6.60. The number of H-pyrrole nitrogens is 1. The third-order valence-corrected chi connectivity index (χ3v) is 4.88. The zero-order valence-electron chi connectivity index (χ0n) is 14.7. The predicted molar refractivity (Wildman–Crippen MR) is 103 cm³/mol. The number of nitrogens with zero attached hydrogens (tertiary/aromatic N) is 1.